The molecule has 0 aliphatic rings. The number of carbonyl (C=O) groups is 2. The summed E-state index contributed by atoms with van der Waals surface area (Å²) in [7, 11) is 0. The molecular weight excluding hydrogens is 472 g/mol. The summed E-state index contributed by atoms with van der Waals surface area (Å²) in [6.07, 6.45) is 5.63. The minimum absolute atomic E-state index is 0.0286. The molecule has 0 saturated heterocycles. The van der Waals surface area contributed by atoms with E-state index in [9.17, 15) is 14.4 Å². The second-order valence-corrected chi connectivity index (χ2v) is 8.52. The van der Waals surface area contributed by atoms with Crippen LogP contribution in [0.2, 0.25) is 5.02 Å². The van der Waals surface area contributed by atoms with Crippen LogP contribution in [-0.4, -0.2) is 32.5 Å². The van der Waals surface area contributed by atoms with E-state index in [0.29, 0.717) is 41.1 Å². The van der Waals surface area contributed by atoms with E-state index in [0.717, 1.165) is 0 Å². The molecule has 2 atom stereocenters. The first-order valence-corrected chi connectivity index (χ1v) is 11.2. The van der Waals surface area contributed by atoms with E-state index < -0.39 is 17.7 Å². The van der Waals surface area contributed by atoms with E-state index in [2.05, 4.69) is 16.9 Å². The SMILES string of the molecule is C=CC(=N)C(CCC[C@@H](C)C(N)=O)c1coc(-c2cc(Cl)ccc2-n2cc(C(N)=O)nn2)cc1=O. The predicted molar refractivity (Wildman–Crippen MR) is 132 cm³/mol. The van der Waals surface area contributed by atoms with Crippen LogP contribution >= 0.6 is 11.6 Å². The van der Waals surface area contributed by atoms with Gasteiger partial charge in [-0.3, -0.25) is 14.4 Å². The van der Waals surface area contributed by atoms with Crippen LogP contribution in [0.4, 0.5) is 0 Å². The molecule has 10 nitrogen and oxygen atoms in total. The van der Waals surface area contributed by atoms with Crippen molar-refractivity contribution in [3.05, 3.63) is 75.9 Å². The van der Waals surface area contributed by atoms with Gasteiger partial charge in [-0.2, -0.15) is 0 Å². The van der Waals surface area contributed by atoms with Crippen molar-refractivity contribution in [2.75, 3.05) is 0 Å². The van der Waals surface area contributed by atoms with Gasteiger partial charge in [-0.05, 0) is 37.1 Å². The van der Waals surface area contributed by atoms with Gasteiger partial charge in [-0.15, -0.1) is 5.10 Å². The zero-order valence-corrected chi connectivity index (χ0v) is 19.8. The molecule has 0 fully saturated rings. The van der Waals surface area contributed by atoms with Gasteiger partial charge >= 0.3 is 0 Å². The molecule has 11 heteroatoms. The Labute approximate surface area is 206 Å². The van der Waals surface area contributed by atoms with Crippen molar-refractivity contribution in [3.8, 4) is 17.0 Å². The number of amides is 2. The lowest BCUT2D eigenvalue weighted by molar-refractivity contribution is -0.121. The van der Waals surface area contributed by atoms with E-state index in [1.807, 2.05) is 0 Å². The molecule has 0 bridgehead atoms. The molecule has 1 unspecified atom stereocenters. The van der Waals surface area contributed by atoms with E-state index in [4.69, 9.17) is 32.9 Å². The van der Waals surface area contributed by atoms with Crippen LogP contribution in [0, 0.1) is 11.3 Å². The second-order valence-electron chi connectivity index (χ2n) is 8.08. The molecule has 3 aromatic rings. The highest BCUT2D eigenvalue weighted by Gasteiger charge is 2.22. The highest BCUT2D eigenvalue weighted by atomic mass is 35.5. The number of primary amides is 2. The van der Waals surface area contributed by atoms with Gasteiger partial charge in [0.25, 0.3) is 5.91 Å². The van der Waals surface area contributed by atoms with Crippen molar-refractivity contribution in [3.63, 3.8) is 0 Å². The van der Waals surface area contributed by atoms with Gasteiger partial charge in [-0.25, -0.2) is 4.68 Å². The van der Waals surface area contributed by atoms with Gasteiger partial charge in [0.15, 0.2) is 11.1 Å². The summed E-state index contributed by atoms with van der Waals surface area (Å²) in [5, 5.41) is 16.3. The molecule has 0 saturated carbocycles. The van der Waals surface area contributed by atoms with Crippen LogP contribution < -0.4 is 16.9 Å². The Hall–Kier alpha value is -4.05. The molecule has 3 rings (SSSR count). The first kappa shape index (κ1) is 25.6. The molecule has 182 valence electrons. The van der Waals surface area contributed by atoms with Crippen LogP contribution in [-0.2, 0) is 4.79 Å². The Balaban J connectivity index is 1.97. The third-order valence-electron chi connectivity index (χ3n) is 5.66. The molecule has 2 amide bonds. The monoisotopic (exact) mass is 496 g/mol. The van der Waals surface area contributed by atoms with Crippen molar-refractivity contribution >= 4 is 29.1 Å². The fourth-order valence-electron chi connectivity index (χ4n) is 3.61. The van der Waals surface area contributed by atoms with Gasteiger partial charge in [-0.1, -0.05) is 36.7 Å². The van der Waals surface area contributed by atoms with E-state index >= 15 is 0 Å². The lowest BCUT2D eigenvalue weighted by Gasteiger charge is -2.17. The number of nitrogens with zero attached hydrogens (tertiary/aromatic N) is 3. The van der Waals surface area contributed by atoms with Crippen LogP contribution in [0.5, 0.6) is 0 Å². The summed E-state index contributed by atoms with van der Waals surface area (Å²) >= 11 is 6.19. The molecule has 0 radical (unpaired) electrons. The number of hydrogen-bond donors (Lipinski definition) is 3. The number of benzene rings is 1. The minimum atomic E-state index is -0.733. The maximum Gasteiger partial charge on any atom is 0.270 e. The number of nitrogens with two attached hydrogens (primary N) is 2. The fraction of sp³-hybridized carbons (Fsp3) is 0.250. The predicted octanol–water partition coefficient (Wildman–Crippen LogP) is 3.22. The molecule has 0 spiro atoms. The fourth-order valence-corrected chi connectivity index (χ4v) is 3.78. The molecule has 0 aliphatic carbocycles. The maximum absolute atomic E-state index is 13.1. The number of aromatic nitrogens is 3. The number of allylic oxidation sites excluding steroid dienone is 1. The standard InChI is InChI=1S/C24H25ClN6O4/c1-3-18(26)15(6-4-5-13(2)23(27)33)17-12-35-22(10-21(17)32)16-9-14(25)7-8-20(16)31-11-19(24(28)34)29-30-31/h3,7-13,15,26H,1,4-6H2,2H3,(H2,27,33)(H2,28,34)/t13-,15?/m1/s1. The van der Waals surface area contributed by atoms with Gasteiger partial charge in [0.2, 0.25) is 5.91 Å². The van der Waals surface area contributed by atoms with E-state index in [1.165, 1.54) is 29.3 Å². The third-order valence-corrected chi connectivity index (χ3v) is 5.90. The topological polar surface area (TPSA) is 171 Å². The highest BCUT2D eigenvalue weighted by Crippen LogP contribution is 2.30. The first-order chi connectivity index (χ1) is 16.6. The van der Waals surface area contributed by atoms with Gasteiger partial charge in [0.1, 0.15) is 5.76 Å². The molecule has 2 aromatic heterocycles. The second kappa shape index (κ2) is 10.9. The maximum atomic E-state index is 13.1. The zero-order valence-electron chi connectivity index (χ0n) is 19.0. The summed E-state index contributed by atoms with van der Waals surface area (Å²) in [6.45, 7) is 5.39. The quantitative estimate of drug-likeness (QED) is 0.344. The van der Waals surface area contributed by atoms with Gasteiger partial charge in [0.05, 0.1) is 18.1 Å². The van der Waals surface area contributed by atoms with Crippen LogP contribution in [0.1, 0.15) is 48.2 Å². The van der Waals surface area contributed by atoms with E-state index in [-0.39, 0.29) is 28.5 Å². The van der Waals surface area contributed by atoms with E-state index in [1.54, 1.807) is 25.1 Å². The number of carbonyl (C=O) groups excluding carboxylic acids is 2. The summed E-state index contributed by atoms with van der Waals surface area (Å²) < 4.78 is 7.15. The average Bonchev–Trinajstić information content (AvgIpc) is 3.32. The molecular formula is C24H25ClN6O4. The smallest absolute Gasteiger partial charge is 0.270 e. The molecule has 0 aliphatic heterocycles. The van der Waals surface area contributed by atoms with Crippen molar-refractivity contribution in [2.45, 2.75) is 32.1 Å². The average molecular weight is 497 g/mol. The van der Waals surface area contributed by atoms with Crippen LogP contribution in [0.15, 0.2) is 58.6 Å². The molecule has 2 heterocycles. The number of hydrogen-bond acceptors (Lipinski definition) is 7. The Morgan fingerprint density at radius 3 is 2.63 bits per heavy atom. The Morgan fingerprint density at radius 2 is 2.03 bits per heavy atom. The normalized spacial score (nSPS) is 12.6. The Morgan fingerprint density at radius 1 is 1.29 bits per heavy atom. The molecule has 5 N–H and O–H groups in total. The largest absolute Gasteiger partial charge is 0.464 e. The molecule has 35 heavy (non-hydrogen) atoms. The van der Waals surface area contributed by atoms with Crippen molar-refractivity contribution in [1.29, 1.82) is 5.41 Å². The number of nitrogens with one attached hydrogen (secondary N) is 1. The molecule has 1 aromatic carbocycles. The highest BCUT2D eigenvalue weighted by molar-refractivity contribution is 6.31. The summed E-state index contributed by atoms with van der Waals surface area (Å²) in [6, 6.07) is 6.16. The number of halogens is 1. The van der Waals surface area contributed by atoms with Gasteiger partial charge < -0.3 is 21.3 Å². The summed E-state index contributed by atoms with van der Waals surface area (Å²) in [4.78, 5) is 35.8. The summed E-state index contributed by atoms with van der Waals surface area (Å²) in [5.74, 6) is -1.77. The number of rotatable bonds is 11. The van der Waals surface area contributed by atoms with Crippen molar-refractivity contribution in [2.24, 2.45) is 17.4 Å². The van der Waals surface area contributed by atoms with Gasteiger partial charge in [0, 0.05) is 39.8 Å². The lowest BCUT2D eigenvalue weighted by atomic mass is 9.88. The van der Waals surface area contributed by atoms with Crippen LogP contribution in [0.3, 0.4) is 0 Å². The zero-order chi connectivity index (χ0) is 25.7. The van der Waals surface area contributed by atoms with Crippen LogP contribution in [0.25, 0.3) is 17.0 Å². The Bertz CT molecular complexity index is 1350. The van der Waals surface area contributed by atoms with Crippen molar-refractivity contribution in [1.82, 2.24) is 15.0 Å². The minimum Gasteiger partial charge on any atom is -0.464 e. The lowest BCUT2D eigenvalue weighted by Crippen LogP contribution is -2.22. The summed E-state index contributed by atoms with van der Waals surface area (Å²) in [5.41, 5.74) is 11.6. The first-order valence-electron chi connectivity index (χ1n) is 10.8. The van der Waals surface area contributed by atoms with Crippen molar-refractivity contribution < 1.29 is 14.0 Å². The third kappa shape index (κ3) is 5.90. The Kier molecular flexibility index (Phi) is 7.98.